The predicted molar refractivity (Wildman–Crippen MR) is 78.2 cm³/mol. The number of pyridine rings is 2. The number of rotatable bonds is 5. The zero-order chi connectivity index (χ0) is 14.6. The third kappa shape index (κ3) is 3.24. The molecule has 0 saturated carbocycles. The van der Waals surface area contributed by atoms with Crippen LogP contribution in [-0.2, 0) is 10.0 Å². The molecule has 0 aliphatic heterocycles. The lowest BCUT2D eigenvalue weighted by Crippen LogP contribution is -2.17. The molecule has 0 aliphatic rings. The molecule has 0 unspecified atom stereocenters. The highest BCUT2D eigenvalue weighted by atomic mass is 32.2. The van der Waals surface area contributed by atoms with Crippen LogP contribution in [0.3, 0.4) is 0 Å². The molecule has 0 aliphatic carbocycles. The van der Waals surface area contributed by atoms with Crippen LogP contribution >= 0.6 is 0 Å². The van der Waals surface area contributed by atoms with E-state index in [1.165, 1.54) is 6.20 Å². The Kier molecular flexibility index (Phi) is 4.19. The van der Waals surface area contributed by atoms with Gasteiger partial charge in [-0.1, -0.05) is 0 Å². The summed E-state index contributed by atoms with van der Waals surface area (Å²) in [7, 11) is -3.73. The van der Waals surface area contributed by atoms with E-state index in [1.807, 2.05) is 6.92 Å². The van der Waals surface area contributed by atoms with Crippen molar-refractivity contribution < 1.29 is 8.42 Å². The van der Waals surface area contributed by atoms with Crippen molar-refractivity contribution in [1.29, 1.82) is 0 Å². The monoisotopic (exact) mass is 292 g/mol. The van der Waals surface area contributed by atoms with E-state index in [1.54, 1.807) is 37.4 Å². The Bertz CT molecular complexity index is 701. The van der Waals surface area contributed by atoms with Crippen LogP contribution in [0.15, 0.2) is 41.7 Å². The van der Waals surface area contributed by atoms with E-state index in [0.717, 1.165) is 5.69 Å². The van der Waals surface area contributed by atoms with Crippen molar-refractivity contribution in [2.24, 2.45) is 0 Å². The van der Waals surface area contributed by atoms with E-state index in [-0.39, 0.29) is 5.03 Å². The summed E-state index contributed by atoms with van der Waals surface area (Å²) in [5.41, 5.74) is 1.68. The molecule has 20 heavy (non-hydrogen) atoms. The molecule has 106 valence electrons. The van der Waals surface area contributed by atoms with Gasteiger partial charge in [-0.25, -0.2) is 4.98 Å². The summed E-state index contributed by atoms with van der Waals surface area (Å²) in [6, 6.07) is 6.63. The third-order valence-electron chi connectivity index (χ3n) is 2.54. The fourth-order valence-corrected chi connectivity index (χ4v) is 2.91. The van der Waals surface area contributed by atoms with Gasteiger partial charge in [-0.05, 0) is 38.1 Å². The molecule has 2 heterocycles. The number of hydrogen-bond donors (Lipinski definition) is 2. The molecule has 0 amide bonds. The smallest absolute Gasteiger partial charge is 0.281 e. The summed E-state index contributed by atoms with van der Waals surface area (Å²) < 4.78 is 27.3. The minimum Gasteiger partial charge on any atom is -0.383 e. The van der Waals surface area contributed by atoms with Crippen molar-refractivity contribution in [1.82, 2.24) is 9.97 Å². The van der Waals surface area contributed by atoms with Crippen LogP contribution < -0.4 is 10.0 Å². The molecule has 7 heteroatoms. The summed E-state index contributed by atoms with van der Waals surface area (Å²) in [4.78, 5) is 7.99. The van der Waals surface area contributed by atoms with Crippen LogP contribution in [-0.4, -0.2) is 24.9 Å². The van der Waals surface area contributed by atoms with Gasteiger partial charge >= 0.3 is 0 Å². The Morgan fingerprint density at radius 2 is 2.00 bits per heavy atom. The van der Waals surface area contributed by atoms with Crippen LogP contribution in [0.25, 0.3) is 0 Å². The van der Waals surface area contributed by atoms with Crippen LogP contribution in [0.1, 0.15) is 12.6 Å². The molecule has 0 fully saturated rings. The first-order chi connectivity index (χ1) is 9.53. The largest absolute Gasteiger partial charge is 0.383 e. The second-order valence-corrected chi connectivity index (χ2v) is 5.78. The fraction of sp³-hybridized carbons (Fsp3) is 0.231. The minimum absolute atomic E-state index is 0.0173. The van der Waals surface area contributed by atoms with Gasteiger partial charge in [0.25, 0.3) is 10.0 Å². The van der Waals surface area contributed by atoms with Crippen molar-refractivity contribution in [2.75, 3.05) is 16.6 Å². The Labute approximate surface area is 118 Å². The first kappa shape index (κ1) is 14.3. The molecule has 0 bridgehead atoms. The summed E-state index contributed by atoms with van der Waals surface area (Å²) in [6.07, 6.45) is 3.00. The van der Waals surface area contributed by atoms with E-state index in [2.05, 4.69) is 20.0 Å². The van der Waals surface area contributed by atoms with Crippen LogP contribution in [0.5, 0.6) is 0 Å². The summed E-state index contributed by atoms with van der Waals surface area (Å²) >= 11 is 0. The number of aryl methyl sites for hydroxylation is 1. The quantitative estimate of drug-likeness (QED) is 0.880. The maximum atomic E-state index is 12.4. The standard InChI is InChI=1S/C13H16N4O2S/c1-3-14-12-5-4-7-16-13(12)20(18,19)17-11-6-8-15-10(2)9-11/h4-9,14H,3H2,1-2H3,(H,15,17). The molecule has 2 aromatic heterocycles. The molecule has 0 radical (unpaired) electrons. The highest BCUT2D eigenvalue weighted by molar-refractivity contribution is 7.92. The molecule has 0 spiro atoms. The average Bonchev–Trinajstić information content (AvgIpc) is 2.39. The molecule has 2 aromatic rings. The maximum absolute atomic E-state index is 12.4. The van der Waals surface area contributed by atoms with Crippen molar-refractivity contribution in [3.63, 3.8) is 0 Å². The minimum atomic E-state index is -3.73. The van der Waals surface area contributed by atoms with Gasteiger partial charge in [-0.2, -0.15) is 8.42 Å². The number of nitrogens with zero attached hydrogens (tertiary/aromatic N) is 2. The lowest BCUT2D eigenvalue weighted by Gasteiger charge is -2.12. The molecular formula is C13H16N4O2S. The topological polar surface area (TPSA) is 84.0 Å². The van der Waals surface area contributed by atoms with Crippen molar-refractivity contribution in [2.45, 2.75) is 18.9 Å². The van der Waals surface area contributed by atoms with E-state index >= 15 is 0 Å². The van der Waals surface area contributed by atoms with Gasteiger partial charge in [0.15, 0.2) is 5.03 Å². The fourth-order valence-electron chi connectivity index (χ4n) is 1.74. The lowest BCUT2D eigenvalue weighted by molar-refractivity contribution is 0.598. The first-order valence-corrected chi connectivity index (χ1v) is 7.65. The molecule has 2 N–H and O–H groups in total. The van der Waals surface area contributed by atoms with E-state index in [4.69, 9.17) is 0 Å². The van der Waals surface area contributed by atoms with Crippen molar-refractivity contribution in [3.8, 4) is 0 Å². The maximum Gasteiger partial charge on any atom is 0.281 e. The van der Waals surface area contributed by atoms with E-state index < -0.39 is 10.0 Å². The highest BCUT2D eigenvalue weighted by Crippen LogP contribution is 2.21. The summed E-state index contributed by atoms with van der Waals surface area (Å²) in [5, 5.41) is 2.97. The van der Waals surface area contributed by atoms with Crippen LogP contribution in [0.4, 0.5) is 11.4 Å². The summed E-state index contributed by atoms with van der Waals surface area (Å²) in [5.74, 6) is 0. The van der Waals surface area contributed by atoms with Gasteiger partial charge in [0.05, 0.1) is 11.4 Å². The zero-order valence-electron chi connectivity index (χ0n) is 11.3. The number of nitrogens with one attached hydrogen (secondary N) is 2. The Balaban J connectivity index is 2.36. The molecule has 0 atom stereocenters. The van der Waals surface area contributed by atoms with Gasteiger partial charge in [-0.15, -0.1) is 0 Å². The van der Waals surface area contributed by atoms with Crippen molar-refractivity contribution in [3.05, 3.63) is 42.4 Å². The molecule has 0 saturated heterocycles. The molecule has 2 rings (SSSR count). The highest BCUT2D eigenvalue weighted by Gasteiger charge is 2.20. The normalized spacial score (nSPS) is 11.1. The molecule has 6 nitrogen and oxygen atoms in total. The Morgan fingerprint density at radius 1 is 1.20 bits per heavy atom. The molecule has 0 aromatic carbocycles. The predicted octanol–water partition coefficient (Wildman–Crippen LogP) is 2.02. The average molecular weight is 292 g/mol. The van der Waals surface area contributed by atoms with Gasteiger partial charge in [0.1, 0.15) is 0 Å². The van der Waals surface area contributed by atoms with E-state index in [0.29, 0.717) is 17.9 Å². The van der Waals surface area contributed by atoms with Gasteiger partial charge in [-0.3, -0.25) is 9.71 Å². The second kappa shape index (κ2) is 5.87. The number of aromatic nitrogens is 2. The van der Waals surface area contributed by atoms with Crippen LogP contribution in [0, 0.1) is 6.92 Å². The number of sulfonamides is 1. The Morgan fingerprint density at radius 3 is 2.70 bits per heavy atom. The molecular weight excluding hydrogens is 276 g/mol. The van der Waals surface area contributed by atoms with Gasteiger partial charge in [0, 0.05) is 24.6 Å². The lowest BCUT2D eigenvalue weighted by atomic mass is 10.3. The van der Waals surface area contributed by atoms with Crippen molar-refractivity contribution >= 4 is 21.4 Å². The second-order valence-electron chi connectivity index (χ2n) is 4.18. The number of hydrogen-bond acceptors (Lipinski definition) is 5. The van der Waals surface area contributed by atoms with Gasteiger partial charge in [0.2, 0.25) is 0 Å². The van der Waals surface area contributed by atoms with E-state index in [9.17, 15) is 8.42 Å². The van der Waals surface area contributed by atoms with Gasteiger partial charge < -0.3 is 5.32 Å². The Hall–Kier alpha value is -2.15. The summed E-state index contributed by atoms with van der Waals surface area (Å²) in [6.45, 7) is 4.30. The van der Waals surface area contributed by atoms with Crippen LogP contribution in [0.2, 0.25) is 0 Å². The SMILES string of the molecule is CCNc1cccnc1S(=O)(=O)Nc1ccnc(C)c1. The zero-order valence-corrected chi connectivity index (χ0v) is 12.1. The first-order valence-electron chi connectivity index (χ1n) is 6.17. The third-order valence-corrected chi connectivity index (χ3v) is 3.88. The number of anilines is 2.